The van der Waals surface area contributed by atoms with Crippen LogP contribution in [-0.4, -0.2) is 0 Å². The minimum atomic E-state index is -0.533. The molecule has 0 amide bonds. The molecule has 2 heterocycles. The number of nitrogens with zero attached hydrogens (tertiary/aromatic N) is 1. The molecule has 0 saturated heterocycles. The normalized spacial score (nSPS) is 12.8. The summed E-state index contributed by atoms with van der Waals surface area (Å²) in [7, 11) is 0. The molecule has 0 N–H and O–H groups in total. The van der Waals surface area contributed by atoms with Crippen LogP contribution in [0.15, 0.2) is 237 Å². The van der Waals surface area contributed by atoms with Gasteiger partial charge in [-0.1, -0.05) is 194 Å². The molecule has 0 fully saturated rings. The van der Waals surface area contributed by atoms with Crippen molar-refractivity contribution >= 4 is 28.4 Å². The molecule has 3 nitrogen and oxygen atoms in total. The number of hydrogen-bond acceptors (Lipinski definition) is 4. The van der Waals surface area contributed by atoms with Crippen LogP contribution in [0.4, 0.5) is 17.1 Å². The van der Waals surface area contributed by atoms with Crippen LogP contribution in [0.25, 0.3) is 43.1 Å². The fourth-order valence-electron chi connectivity index (χ4n) is 9.69. The van der Waals surface area contributed by atoms with Crippen molar-refractivity contribution in [1.29, 1.82) is 0 Å². The maximum absolute atomic E-state index is 6.68. The summed E-state index contributed by atoms with van der Waals surface area (Å²) in [4.78, 5) is 4.48. The van der Waals surface area contributed by atoms with Gasteiger partial charge in [0.15, 0.2) is 23.0 Å². The fraction of sp³-hybridized carbons (Fsp3) is 0.0169. The summed E-state index contributed by atoms with van der Waals surface area (Å²) in [6, 6.07) is 84.7. The number of rotatable bonds is 8. The largest absolute Gasteiger partial charge is 0.448 e. The molecule has 1 aliphatic heterocycles. The predicted octanol–water partition coefficient (Wildman–Crippen LogP) is 16.5. The first kappa shape index (κ1) is 36.9. The highest BCUT2D eigenvalue weighted by Crippen LogP contribution is 2.60. The van der Waals surface area contributed by atoms with Gasteiger partial charge in [-0.25, -0.2) is 0 Å². The van der Waals surface area contributed by atoms with Crippen molar-refractivity contribution in [2.75, 3.05) is 4.90 Å². The Morgan fingerprint density at radius 3 is 1.43 bits per heavy atom. The van der Waals surface area contributed by atoms with Crippen molar-refractivity contribution in [3.8, 4) is 66.1 Å². The van der Waals surface area contributed by atoms with Gasteiger partial charge in [0.05, 0.1) is 20.9 Å². The number of ether oxygens (including phenoxy) is 2. The molecule has 12 rings (SSSR count). The molecule has 298 valence electrons. The highest BCUT2D eigenvalue weighted by Gasteiger charge is 2.46. The standard InChI is InChI=1S/C59H39NO2S/c1-5-19-40(20-6-1)47-27-14-16-30-52(47)60(45-35-33-42(34-36-45)58-56-55(57(63-58)41-21-7-2-8-22-41)61-53-31-17-18-32-54(53)62-56)46-37-38-49-48-28-13-15-29-50(48)59(51(49)39-46,43-23-9-3-10-24-43)44-25-11-4-12-26-44/h1-39H. The highest BCUT2D eigenvalue weighted by molar-refractivity contribution is 7.19. The van der Waals surface area contributed by atoms with Gasteiger partial charge in [0.1, 0.15) is 0 Å². The average molecular weight is 826 g/mol. The molecule has 0 atom stereocenters. The molecule has 1 aliphatic carbocycles. The van der Waals surface area contributed by atoms with Crippen molar-refractivity contribution in [2.24, 2.45) is 0 Å². The number of benzene rings is 9. The number of hydrogen-bond donors (Lipinski definition) is 0. The lowest BCUT2D eigenvalue weighted by Gasteiger charge is -2.35. The van der Waals surface area contributed by atoms with E-state index in [-0.39, 0.29) is 0 Å². The smallest absolute Gasteiger partial charge is 0.189 e. The Balaban J connectivity index is 1.05. The third-order valence-corrected chi connectivity index (χ3v) is 13.7. The Kier molecular flexibility index (Phi) is 8.91. The summed E-state index contributed by atoms with van der Waals surface area (Å²) in [5.74, 6) is 2.93. The highest BCUT2D eigenvalue weighted by atomic mass is 32.1. The molecule has 0 bridgehead atoms. The van der Waals surface area contributed by atoms with Crippen LogP contribution in [0.3, 0.4) is 0 Å². The number of anilines is 3. The van der Waals surface area contributed by atoms with E-state index in [0.717, 1.165) is 66.3 Å². The molecule has 9 aromatic carbocycles. The lowest BCUT2D eigenvalue weighted by Crippen LogP contribution is -2.28. The molecular formula is C59H39NO2S. The van der Waals surface area contributed by atoms with E-state index in [1.807, 2.05) is 30.3 Å². The minimum Gasteiger partial charge on any atom is -0.448 e. The Hall–Kier alpha value is -7.92. The van der Waals surface area contributed by atoms with Crippen LogP contribution in [0.2, 0.25) is 0 Å². The first-order chi connectivity index (χ1) is 31.3. The molecule has 63 heavy (non-hydrogen) atoms. The summed E-state index contributed by atoms with van der Waals surface area (Å²) in [6.07, 6.45) is 0. The van der Waals surface area contributed by atoms with Crippen molar-refractivity contribution in [3.63, 3.8) is 0 Å². The molecule has 4 heteroatoms. The third kappa shape index (κ3) is 6.02. The number of fused-ring (bicyclic) bond motifs is 5. The van der Waals surface area contributed by atoms with Gasteiger partial charge in [-0.15, -0.1) is 11.3 Å². The third-order valence-electron chi connectivity index (χ3n) is 12.4. The molecule has 0 unspecified atom stereocenters. The summed E-state index contributed by atoms with van der Waals surface area (Å²) in [5.41, 5.74) is 14.6. The Morgan fingerprint density at radius 2 is 0.810 bits per heavy atom. The van der Waals surface area contributed by atoms with E-state index < -0.39 is 5.41 Å². The van der Waals surface area contributed by atoms with Crippen LogP contribution >= 0.6 is 11.3 Å². The van der Waals surface area contributed by atoms with E-state index in [2.05, 4.69) is 211 Å². The molecule has 0 radical (unpaired) electrons. The van der Waals surface area contributed by atoms with Gasteiger partial charge in [-0.2, -0.15) is 0 Å². The lowest BCUT2D eigenvalue weighted by molar-refractivity contribution is 0.364. The van der Waals surface area contributed by atoms with E-state index in [1.165, 1.54) is 33.4 Å². The molecule has 1 aromatic heterocycles. The van der Waals surface area contributed by atoms with Crippen LogP contribution in [-0.2, 0) is 5.41 Å². The maximum atomic E-state index is 6.68. The van der Waals surface area contributed by atoms with Crippen molar-refractivity contribution in [2.45, 2.75) is 5.41 Å². The number of para-hydroxylation sites is 3. The van der Waals surface area contributed by atoms with Gasteiger partial charge in [0, 0.05) is 16.9 Å². The van der Waals surface area contributed by atoms with Crippen LogP contribution in [0.5, 0.6) is 23.0 Å². The topological polar surface area (TPSA) is 21.7 Å². The lowest BCUT2D eigenvalue weighted by atomic mass is 9.67. The second-order valence-electron chi connectivity index (χ2n) is 16.0. The zero-order valence-corrected chi connectivity index (χ0v) is 35.0. The summed E-state index contributed by atoms with van der Waals surface area (Å²) in [6.45, 7) is 0. The van der Waals surface area contributed by atoms with Gasteiger partial charge in [-0.05, 0) is 92.5 Å². The van der Waals surface area contributed by atoms with E-state index in [4.69, 9.17) is 9.47 Å². The predicted molar refractivity (Wildman–Crippen MR) is 259 cm³/mol. The van der Waals surface area contributed by atoms with Crippen LogP contribution < -0.4 is 14.4 Å². The SMILES string of the molecule is c1ccc(-c2ccccc2N(c2ccc(-c3sc(-c4ccccc4)c4c3Oc3ccccc3O4)cc2)c2ccc3c(c2)C(c2ccccc2)(c2ccccc2)c2ccccc2-3)cc1. The second kappa shape index (κ2) is 15.2. The van der Waals surface area contributed by atoms with Crippen molar-refractivity contribution < 1.29 is 9.47 Å². The summed E-state index contributed by atoms with van der Waals surface area (Å²) >= 11 is 1.70. The second-order valence-corrected chi connectivity index (χ2v) is 17.0. The molecule has 0 spiro atoms. The van der Waals surface area contributed by atoms with Crippen LogP contribution in [0.1, 0.15) is 22.3 Å². The van der Waals surface area contributed by atoms with Gasteiger partial charge in [-0.3, -0.25) is 0 Å². The quantitative estimate of drug-likeness (QED) is 0.152. The average Bonchev–Trinajstić information content (AvgIpc) is 3.88. The van der Waals surface area contributed by atoms with Gasteiger partial charge >= 0.3 is 0 Å². The van der Waals surface area contributed by atoms with E-state index in [1.54, 1.807) is 11.3 Å². The zero-order chi connectivity index (χ0) is 41.7. The van der Waals surface area contributed by atoms with E-state index in [9.17, 15) is 0 Å². The van der Waals surface area contributed by atoms with Crippen molar-refractivity contribution in [3.05, 3.63) is 259 Å². The Morgan fingerprint density at radius 1 is 0.349 bits per heavy atom. The van der Waals surface area contributed by atoms with E-state index in [0.29, 0.717) is 5.75 Å². The maximum Gasteiger partial charge on any atom is 0.189 e. The van der Waals surface area contributed by atoms with Crippen molar-refractivity contribution in [1.82, 2.24) is 0 Å². The molecule has 10 aromatic rings. The molecular weight excluding hydrogens is 787 g/mol. The molecule has 0 saturated carbocycles. The summed E-state index contributed by atoms with van der Waals surface area (Å²) < 4.78 is 13.3. The van der Waals surface area contributed by atoms with Gasteiger partial charge < -0.3 is 14.4 Å². The van der Waals surface area contributed by atoms with Gasteiger partial charge in [0.25, 0.3) is 0 Å². The van der Waals surface area contributed by atoms with E-state index >= 15 is 0 Å². The zero-order valence-electron chi connectivity index (χ0n) is 34.2. The first-order valence-corrected chi connectivity index (χ1v) is 22.1. The monoisotopic (exact) mass is 825 g/mol. The molecule has 2 aliphatic rings. The summed E-state index contributed by atoms with van der Waals surface area (Å²) in [5, 5.41) is 0. The van der Waals surface area contributed by atoms with Gasteiger partial charge in [0.2, 0.25) is 0 Å². The Bertz CT molecular complexity index is 3230. The Labute approximate surface area is 371 Å². The van der Waals surface area contributed by atoms with Crippen LogP contribution in [0, 0.1) is 0 Å². The first-order valence-electron chi connectivity index (χ1n) is 21.3. The minimum absolute atomic E-state index is 0.533. The number of thiophene rings is 1. The fourth-order valence-corrected chi connectivity index (χ4v) is 10.9.